The zero-order valence-corrected chi connectivity index (χ0v) is 10.9. The van der Waals surface area contributed by atoms with Gasteiger partial charge in [0, 0.05) is 6.42 Å². The molecule has 0 aromatic rings. The molecule has 0 fully saturated rings. The number of hydrogen-bond acceptors (Lipinski definition) is 4. The van der Waals surface area contributed by atoms with E-state index >= 15 is 0 Å². The number of amides is 1. The third kappa shape index (κ3) is 8.68. The van der Waals surface area contributed by atoms with Gasteiger partial charge in [0.15, 0.2) is 0 Å². The summed E-state index contributed by atoms with van der Waals surface area (Å²) in [6, 6.07) is -0.232. The lowest BCUT2D eigenvalue weighted by Gasteiger charge is -2.18. The van der Waals surface area contributed by atoms with Crippen LogP contribution in [-0.2, 0) is 14.3 Å². The van der Waals surface area contributed by atoms with E-state index in [4.69, 9.17) is 9.84 Å². The molecule has 5 nitrogen and oxygen atoms in total. The summed E-state index contributed by atoms with van der Waals surface area (Å²) >= 11 is 0. The Labute approximate surface area is 103 Å². The SMILES string of the molecule is CCOC(=O)CCC(=O)NC(CO)CC(C)C. The minimum atomic E-state index is -0.368. The molecular formula is C12H23NO4. The zero-order valence-electron chi connectivity index (χ0n) is 10.9. The number of carbonyl (C=O) groups excluding carboxylic acids is 2. The van der Waals surface area contributed by atoms with Gasteiger partial charge in [-0.05, 0) is 19.3 Å². The Morgan fingerprint density at radius 3 is 2.41 bits per heavy atom. The summed E-state index contributed by atoms with van der Waals surface area (Å²) < 4.78 is 4.72. The first-order valence-electron chi connectivity index (χ1n) is 6.05. The number of aliphatic hydroxyl groups excluding tert-OH is 1. The van der Waals surface area contributed by atoms with Crippen LogP contribution in [0.3, 0.4) is 0 Å². The van der Waals surface area contributed by atoms with Crippen molar-refractivity contribution in [3.63, 3.8) is 0 Å². The molecule has 0 aliphatic carbocycles. The average molecular weight is 245 g/mol. The topological polar surface area (TPSA) is 75.6 Å². The molecule has 5 heteroatoms. The van der Waals surface area contributed by atoms with Crippen LogP contribution >= 0.6 is 0 Å². The van der Waals surface area contributed by atoms with E-state index < -0.39 is 0 Å². The molecule has 0 rings (SSSR count). The summed E-state index contributed by atoms with van der Waals surface area (Å²) in [6.07, 6.45) is 0.911. The number of aliphatic hydroxyl groups is 1. The fourth-order valence-electron chi connectivity index (χ4n) is 1.50. The van der Waals surface area contributed by atoms with Gasteiger partial charge in [-0.25, -0.2) is 0 Å². The third-order valence-electron chi connectivity index (χ3n) is 2.20. The van der Waals surface area contributed by atoms with Crippen LogP contribution in [0.4, 0.5) is 0 Å². The Kier molecular flexibility index (Phi) is 8.40. The molecule has 0 aromatic heterocycles. The maximum Gasteiger partial charge on any atom is 0.306 e. The summed E-state index contributed by atoms with van der Waals surface area (Å²) in [5.41, 5.74) is 0. The number of hydrogen-bond donors (Lipinski definition) is 2. The van der Waals surface area contributed by atoms with Crippen molar-refractivity contribution in [1.29, 1.82) is 0 Å². The van der Waals surface area contributed by atoms with Crippen LogP contribution in [0.25, 0.3) is 0 Å². The predicted molar refractivity (Wildman–Crippen MR) is 64.3 cm³/mol. The van der Waals surface area contributed by atoms with Gasteiger partial charge in [0.25, 0.3) is 0 Å². The fraction of sp³-hybridized carbons (Fsp3) is 0.833. The summed E-state index contributed by atoms with van der Waals surface area (Å²) in [4.78, 5) is 22.5. The number of ether oxygens (including phenoxy) is 1. The van der Waals surface area contributed by atoms with Gasteiger partial charge in [0.05, 0.1) is 25.7 Å². The molecule has 0 bridgehead atoms. The summed E-state index contributed by atoms with van der Waals surface area (Å²) in [5, 5.41) is 11.8. The van der Waals surface area contributed by atoms with Crippen LogP contribution in [0, 0.1) is 5.92 Å². The molecule has 0 radical (unpaired) electrons. The first kappa shape index (κ1) is 15.9. The minimum absolute atomic E-state index is 0.0800. The van der Waals surface area contributed by atoms with E-state index in [1.54, 1.807) is 6.92 Å². The van der Waals surface area contributed by atoms with Gasteiger partial charge >= 0.3 is 5.97 Å². The Hall–Kier alpha value is -1.10. The van der Waals surface area contributed by atoms with Gasteiger partial charge in [-0.15, -0.1) is 0 Å². The van der Waals surface area contributed by atoms with Gasteiger partial charge in [0.2, 0.25) is 5.91 Å². The molecule has 17 heavy (non-hydrogen) atoms. The Morgan fingerprint density at radius 1 is 1.29 bits per heavy atom. The maximum atomic E-state index is 11.5. The van der Waals surface area contributed by atoms with E-state index in [1.807, 2.05) is 13.8 Å². The molecular weight excluding hydrogens is 222 g/mol. The van der Waals surface area contributed by atoms with Crippen molar-refractivity contribution in [3.8, 4) is 0 Å². The average Bonchev–Trinajstić information content (AvgIpc) is 2.25. The second-order valence-corrected chi connectivity index (χ2v) is 4.38. The van der Waals surface area contributed by atoms with E-state index in [2.05, 4.69) is 5.32 Å². The van der Waals surface area contributed by atoms with Crippen molar-refractivity contribution in [3.05, 3.63) is 0 Å². The van der Waals surface area contributed by atoms with Gasteiger partial charge in [0.1, 0.15) is 0 Å². The minimum Gasteiger partial charge on any atom is -0.466 e. The molecule has 2 N–H and O–H groups in total. The summed E-state index contributed by atoms with van der Waals surface area (Å²) in [6.45, 7) is 6.01. The highest BCUT2D eigenvalue weighted by atomic mass is 16.5. The van der Waals surface area contributed by atoms with Crippen molar-refractivity contribution in [1.82, 2.24) is 5.32 Å². The molecule has 1 atom stereocenters. The van der Waals surface area contributed by atoms with Crippen LogP contribution in [0.2, 0.25) is 0 Å². The monoisotopic (exact) mass is 245 g/mol. The second kappa shape index (κ2) is 8.98. The third-order valence-corrected chi connectivity index (χ3v) is 2.20. The van der Waals surface area contributed by atoms with E-state index in [0.717, 1.165) is 6.42 Å². The molecule has 100 valence electrons. The molecule has 1 unspecified atom stereocenters. The van der Waals surface area contributed by atoms with E-state index in [0.29, 0.717) is 12.5 Å². The highest BCUT2D eigenvalue weighted by molar-refractivity contribution is 5.81. The number of esters is 1. The van der Waals surface area contributed by atoms with Crippen LogP contribution in [-0.4, -0.2) is 36.2 Å². The van der Waals surface area contributed by atoms with Gasteiger partial charge in [-0.2, -0.15) is 0 Å². The van der Waals surface area contributed by atoms with Crippen molar-refractivity contribution < 1.29 is 19.4 Å². The molecule has 0 saturated heterocycles. The number of rotatable bonds is 8. The quantitative estimate of drug-likeness (QED) is 0.622. The number of carbonyl (C=O) groups is 2. The van der Waals surface area contributed by atoms with Crippen LogP contribution in [0.5, 0.6) is 0 Å². The lowest BCUT2D eigenvalue weighted by molar-refractivity contribution is -0.144. The summed E-state index contributed by atoms with van der Waals surface area (Å²) in [7, 11) is 0. The normalized spacial score (nSPS) is 12.3. The molecule has 0 aliphatic heterocycles. The highest BCUT2D eigenvalue weighted by Gasteiger charge is 2.14. The van der Waals surface area contributed by atoms with Crippen LogP contribution < -0.4 is 5.32 Å². The lowest BCUT2D eigenvalue weighted by Crippen LogP contribution is -2.38. The molecule has 0 spiro atoms. The van der Waals surface area contributed by atoms with E-state index in [1.165, 1.54) is 0 Å². The Morgan fingerprint density at radius 2 is 1.94 bits per heavy atom. The first-order valence-corrected chi connectivity index (χ1v) is 6.05. The molecule has 1 amide bonds. The van der Waals surface area contributed by atoms with Gasteiger partial charge in [-0.1, -0.05) is 13.8 Å². The van der Waals surface area contributed by atoms with Crippen molar-refractivity contribution in [2.75, 3.05) is 13.2 Å². The largest absolute Gasteiger partial charge is 0.466 e. The second-order valence-electron chi connectivity index (χ2n) is 4.38. The van der Waals surface area contributed by atoms with Crippen molar-refractivity contribution in [2.24, 2.45) is 5.92 Å². The van der Waals surface area contributed by atoms with Crippen LogP contribution in [0.1, 0.15) is 40.0 Å². The molecule has 0 heterocycles. The molecule has 0 saturated carbocycles. The highest BCUT2D eigenvalue weighted by Crippen LogP contribution is 2.04. The van der Waals surface area contributed by atoms with Crippen molar-refractivity contribution >= 4 is 11.9 Å². The predicted octanol–water partition coefficient (Wildman–Crippen LogP) is 0.853. The van der Waals surface area contributed by atoms with E-state index in [9.17, 15) is 9.59 Å². The summed E-state index contributed by atoms with van der Waals surface area (Å²) in [5.74, 6) is -0.192. The fourth-order valence-corrected chi connectivity index (χ4v) is 1.50. The van der Waals surface area contributed by atoms with E-state index in [-0.39, 0.29) is 37.4 Å². The zero-order chi connectivity index (χ0) is 13.3. The van der Waals surface area contributed by atoms with Crippen molar-refractivity contribution in [2.45, 2.75) is 46.1 Å². The lowest BCUT2D eigenvalue weighted by atomic mass is 10.0. The first-order chi connectivity index (χ1) is 7.99. The maximum absolute atomic E-state index is 11.5. The number of nitrogens with one attached hydrogen (secondary N) is 1. The molecule has 0 aliphatic rings. The standard InChI is InChI=1S/C12H23NO4/c1-4-17-12(16)6-5-11(15)13-10(8-14)7-9(2)3/h9-10,14H,4-8H2,1-3H3,(H,13,15). The Bertz CT molecular complexity index is 241. The smallest absolute Gasteiger partial charge is 0.306 e. The Balaban J connectivity index is 3.86. The van der Waals surface area contributed by atoms with Crippen LogP contribution in [0.15, 0.2) is 0 Å². The molecule has 0 aromatic carbocycles. The van der Waals surface area contributed by atoms with Gasteiger partial charge < -0.3 is 15.2 Å². The van der Waals surface area contributed by atoms with Gasteiger partial charge in [-0.3, -0.25) is 9.59 Å².